The Morgan fingerprint density at radius 2 is 0.768 bits per heavy atom. The summed E-state index contributed by atoms with van der Waals surface area (Å²) in [7, 11) is 0. The first-order valence-electron chi connectivity index (χ1n) is 19.2. The van der Waals surface area contributed by atoms with E-state index in [-0.39, 0.29) is 0 Å². The molecule has 0 saturated heterocycles. The van der Waals surface area contributed by atoms with Crippen LogP contribution in [0.2, 0.25) is 0 Å². The van der Waals surface area contributed by atoms with Crippen LogP contribution in [0, 0.1) is 0 Å². The van der Waals surface area contributed by atoms with E-state index in [9.17, 15) is 0 Å². The van der Waals surface area contributed by atoms with Gasteiger partial charge < -0.3 is 9.32 Å². The zero-order valence-corrected chi connectivity index (χ0v) is 30.6. The molecule has 0 unspecified atom stereocenters. The summed E-state index contributed by atoms with van der Waals surface area (Å²) < 4.78 is 6.61. The van der Waals surface area contributed by atoms with E-state index in [1.54, 1.807) is 0 Å². The normalized spacial score (nSPS) is 11.6. The molecule has 0 N–H and O–H groups in total. The van der Waals surface area contributed by atoms with E-state index in [0.29, 0.717) is 0 Å². The lowest BCUT2D eigenvalue weighted by atomic mass is 9.97. The van der Waals surface area contributed by atoms with Crippen LogP contribution >= 0.6 is 0 Å². The molecule has 0 spiro atoms. The van der Waals surface area contributed by atoms with Gasteiger partial charge in [0.15, 0.2) is 0 Å². The van der Waals surface area contributed by atoms with Crippen molar-refractivity contribution in [2.24, 2.45) is 0 Å². The molecular weight excluding hydrogens is 679 g/mol. The largest absolute Gasteiger partial charge is 0.455 e. The number of nitrogens with zero attached hydrogens (tertiary/aromatic N) is 1. The highest BCUT2D eigenvalue weighted by molar-refractivity contribution is 6.13. The molecule has 11 aromatic rings. The van der Waals surface area contributed by atoms with Gasteiger partial charge in [0.1, 0.15) is 11.2 Å². The summed E-state index contributed by atoms with van der Waals surface area (Å²) in [4.78, 5) is 2.36. The van der Waals surface area contributed by atoms with Gasteiger partial charge in [-0.1, -0.05) is 164 Å². The van der Waals surface area contributed by atoms with Gasteiger partial charge in [-0.2, -0.15) is 0 Å². The van der Waals surface area contributed by atoms with E-state index < -0.39 is 0 Å². The molecule has 0 aliphatic heterocycles. The van der Waals surface area contributed by atoms with Crippen LogP contribution in [-0.4, -0.2) is 0 Å². The minimum Gasteiger partial charge on any atom is -0.455 e. The number of furan rings is 1. The molecular formula is C54H35NO. The van der Waals surface area contributed by atoms with Crippen LogP contribution in [0.25, 0.3) is 87.6 Å². The van der Waals surface area contributed by atoms with Gasteiger partial charge in [-0.05, 0) is 109 Å². The Morgan fingerprint density at radius 3 is 1.43 bits per heavy atom. The molecule has 2 nitrogen and oxygen atoms in total. The van der Waals surface area contributed by atoms with E-state index in [2.05, 4.69) is 217 Å². The second kappa shape index (κ2) is 13.2. The minimum absolute atomic E-state index is 0.909. The molecule has 2 heteroatoms. The Labute approximate surface area is 325 Å². The van der Waals surface area contributed by atoms with Crippen molar-refractivity contribution in [2.75, 3.05) is 4.90 Å². The maximum absolute atomic E-state index is 6.61. The summed E-state index contributed by atoms with van der Waals surface area (Å²) in [5.74, 6) is 0. The average Bonchev–Trinajstić information content (AvgIpc) is 3.63. The van der Waals surface area contributed by atoms with Crippen LogP contribution in [-0.2, 0) is 0 Å². The predicted octanol–water partition coefficient (Wildman–Crippen LogP) is 15.5. The van der Waals surface area contributed by atoms with E-state index >= 15 is 0 Å². The van der Waals surface area contributed by atoms with Crippen molar-refractivity contribution in [2.45, 2.75) is 0 Å². The lowest BCUT2D eigenvalue weighted by Crippen LogP contribution is -2.10. The first-order valence-corrected chi connectivity index (χ1v) is 19.2. The molecule has 0 amide bonds. The highest BCUT2D eigenvalue weighted by atomic mass is 16.3. The monoisotopic (exact) mass is 713 g/mol. The van der Waals surface area contributed by atoms with Crippen molar-refractivity contribution in [3.8, 4) is 33.4 Å². The lowest BCUT2D eigenvalue weighted by molar-refractivity contribution is 0.670. The molecule has 0 aliphatic rings. The smallest absolute Gasteiger partial charge is 0.143 e. The fourth-order valence-electron chi connectivity index (χ4n) is 8.50. The number of para-hydroxylation sites is 1. The molecule has 11 rings (SSSR count). The van der Waals surface area contributed by atoms with Crippen LogP contribution in [0.5, 0.6) is 0 Å². The Kier molecular flexibility index (Phi) is 7.53. The minimum atomic E-state index is 0.909. The van der Waals surface area contributed by atoms with Crippen molar-refractivity contribution >= 4 is 71.3 Å². The third-order valence-electron chi connectivity index (χ3n) is 11.2. The van der Waals surface area contributed by atoms with Gasteiger partial charge in [-0.25, -0.2) is 0 Å². The summed E-state index contributed by atoms with van der Waals surface area (Å²) >= 11 is 0. The van der Waals surface area contributed by atoms with Gasteiger partial charge in [0, 0.05) is 33.4 Å². The SMILES string of the molecule is c1cc(-c2cccc3ccccc23)cc(N(c2ccc(-c3cccc4ccccc34)cc2)c2ccc(-c3cccc4c3oc3cc5ccccc5cc34)cc2)c1. The Balaban J connectivity index is 1.03. The van der Waals surface area contributed by atoms with Gasteiger partial charge >= 0.3 is 0 Å². The number of rotatable bonds is 6. The Hall–Kier alpha value is -7.42. The van der Waals surface area contributed by atoms with Crippen molar-refractivity contribution in [3.63, 3.8) is 0 Å². The summed E-state index contributed by atoms with van der Waals surface area (Å²) in [6, 6.07) is 76.5. The standard InChI is InChI=1S/C54H35NO/c1-2-14-41-35-53-52(34-40(41)13-1)51-24-10-23-50(54(51)56-53)39-27-31-44(32-28-39)55(43-29-25-38(26-30-43)48-21-8-15-36-11-3-5-19-46(36)48)45-18-7-17-42(33-45)49-22-9-16-37-12-4-6-20-47(37)49/h1-35H. The fraction of sp³-hybridized carbons (Fsp3) is 0. The second-order valence-electron chi connectivity index (χ2n) is 14.5. The van der Waals surface area contributed by atoms with Gasteiger partial charge in [0.25, 0.3) is 0 Å². The quantitative estimate of drug-likeness (QED) is 0.171. The third-order valence-corrected chi connectivity index (χ3v) is 11.2. The van der Waals surface area contributed by atoms with Crippen LogP contribution in [0.1, 0.15) is 0 Å². The van der Waals surface area contributed by atoms with E-state index in [4.69, 9.17) is 4.42 Å². The van der Waals surface area contributed by atoms with Crippen molar-refractivity contribution < 1.29 is 4.42 Å². The first-order chi connectivity index (χ1) is 27.7. The molecule has 0 fully saturated rings. The van der Waals surface area contributed by atoms with Crippen molar-refractivity contribution in [1.82, 2.24) is 0 Å². The van der Waals surface area contributed by atoms with Crippen LogP contribution in [0.15, 0.2) is 217 Å². The number of benzene rings is 10. The maximum Gasteiger partial charge on any atom is 0.143 e. The summed E-state index contributed by atoms with van der Waals surface area (Å²) in [6.45, 7) is 0. The number of hydrogen-bond donors (Lipinski definition) is 0. The molecule has 0 atom stereocenters. The third kappa shape index (κ3) is 5.42. The van der Waals surface area contributed by atoms with E-state index in [0.717, 1.165) is 50.1 Å². The molecule has 0 aliphatic carbocycles. The van der Waals surface area contributed by atoms with Crippen molar-refractivity contribution in [1.29, 1.82) is 0 Å². The van der Waals surface area contributed by atoms with Gasteiger partial charge in [-0.3, -0.25) is 0 Å². The predicted molar refractivity (Wildman–Crippen MR) is 237 cm³/mol. The van der Waals surface area contributed by atoms with Crippen LogP contribution in [0.3, 0.4) is 0 Å². The average molecular weight is 714 g/mol. The zero-order chi connectivity index (χ0) is 37.0. The first kappa shape index (κ1) is 32.0. The summed E-state index contributed by atoms with van der Waals surface area (Å²) in [6.07, 6.45) is 0. The van der Waals surface area contributed by atoms with Gasteiger partial charge in [-0.15, -0.1) is 0 Å². The summed E-state index contributed by atoms with van der Waals surface area (Å²) in [5.41, 5.74) is 12.1. The van der Waals surface area contributed by atoms with Crippen LogP contribution in [0.4, 0.5) is 17.1 Å². The molecule has 56 heavy (non-hydrogen) atoms. The number of hydrogen-bond acceptors (Lipinski definition) is 2. The molecule has 0 bridgehead atoms. The maximum atomic E-state index is 6.61. The fourth-order valence-corrected chi connectivity index (χ4v) is 8.50. The summed E-state index contributed by atoms with van der Waals surface area (Å²) in [5, 5.41) is 9.65. The van der Waals surface area contributed by atoms with E-state index in [1.165, 1.54) is 54.6 Å². The zero-order valence-electron chi connectivity index (χ0n) is 30.6. The van der Waals surface area contributed by atoms with Gasteiger partial charge in [0.05, 0.1) is 0 Å². The van der Waals surface area contributed by atoms with Gasteiger partial charge in [0.2, 0.25) is 0 Å². The Morgan fingerprint density at radius 1 is 0.286 bits per heavy atom. The van der Waals surface area contributed by atoms with E-state index in [1.807, 2.05) is 0 Å². The molecule has 1 heterocycles. The molecule has 262 valence electrons. The molecule has 10 aromatic carbocycles. The highest BCUT2D eigenvalue weighted by Crippen LogP contribution is 2.42. The molecule has 0 saturated carbocycles. The molecule has 1 aromatic heterocycles. The Bertz CT molecular complexity index is 3230. The topological polar surface area (TPSA) is 16.4 Å². The number of anilines is 3. The number of fused-ring (bicyclic) bond motifs is 6. The second-order valence-corrected chi connectivity index (χ2v) is 14.5. The molecule has 0 radical (unpaired) electrons. The van der Waals surface area contributed by atoms with Crippen molar-refractivity contribution in [3.05, 3.63) is 212 Å². The lowest BCUT2D eigenvalue weighted by Gasteiger charge is -2.26. The highest BCUT2D eigenvalue weighted by Gasteiger charge is 2.17. The van der Waals surface area contributed by atoms with Crippen LogP contribution < -0.4 is 4.90 Å².